The van der Waals surface area contributed by atoms with Gasteiger partial charge in [-0.05, 0) is 24.3 Å². The second-order valence-electron chi connectivity index (χ2n) is 8.20. The van der Waals surface area contributed by atoms with Crippen molar-refractivity contribution in [3.8, 4) is 0 Å². The van der Waals surface area contributed by atoms with Crippen LogP contribution in [-0.4, -0.2) is 57.6 Å². The molecular weight excluding hydrogens is 462 g/mol. The zero-order chi connectivity index (χ0) is 25.4. The number of Topliss-reactive ketones (excluding diaryl/α,β-unsaturated/α-hetero) is 1. The Kier molecular flexibility index (Phi) is 5.62. The molecule has 0 radical (unpaired) electrons. The highest BCUT2D eigenvalue weighted by Crippen LogP contribution is 2.48. The zero-order valence-electron chi connectivity index (χ0n) is 18.9. The lowest BCUT2D eigenvalue weighted by atomic mass is 9.93. The maximum Gasteiger partial charge on any atom is 0.338 e. The van der Waals surface area contributed by atoms with Crippen LogP contribution in [0.2, 0.25) is 0 Å². The molecule has 2 heterocycles. The van der Waals surface area contributed by atoms with Gasteiger partial charge in [-0.2, -0.15) is 0 Å². The molecule has 2 fully saturated rings. The number of aliphatic hydroxyl groups excluding tert-OH is 2. The minimum absolute atomic E-state index is 0.185. The standard InChI is InChI=1S/C27H21N3O6/c31-17-16-28-24(34)23(33)21(22(32)18-10-4-1-5-11-18)27(28)25(35)29(19-12-6-2-7-13-19)26(36)30(27)20-14-8-3-9-15-20/h1-15,31-32H,16-17H2/b22-21-. The van der Waals surface area contributed by atoms with Crippen LogP contribution in [0.3, 0.4) is 0 Å². The van der Waals surface area contributed by atoms with Gasteiger partial charge in [0.1, 0.15) is 11.3 Å². The topological polar surface area (TPSA) is 118 Å². The lowest BCUT2D eigenvalue weighted by Crippen LogP contribution is -2.62. The maximum atomic E-state index is 14.3. The maximum absolute atomic E-state index is 14.3. The first kappa shape index (κ1) is 23.0. The minimum Gasteiger partial charge on any atom is -0.507 e. The molecule has 2 saturated heterocycles. The quantitative estimate of drug-likeness (QED) is 0.249. The van der Waals surface area contributed by atoms with Gasteiger partial charge in [0.15, 0.2) is 0 Å². The van der Waals surface area contributed by atoms with Crippen LogP contribution in [0.25, 0.3) is 5.76 Å². The van der Waals surface area contributed by atoms with Crippen LogP contribution in [0.1, 0.15) is 5.56 Å². The molecule has 2 aliphatic rings. The van der Waals surface area contributed by atoms with Crippen molar-refractivity contribution in [3.05, 3.63) is 102 Å². The van der Waals surface area contributed by atoms with E-state index in [4.69, 9.17) is 0 Å². The molecule has 2 aliphatic heterocycles. The smallest absolute Gasteiger partial charge is 0.338 e. The number of para-hydroxylation sites is 2. The van der Waals surface area contributed by atoms with Gasteiger partial charge in [-0.1, -0.05) is 66.7 Å². The number of anilines is 2. The fraction of sp³-hybridized carbons (Fsp3) is 0.111. The molecular formula is C27H21N3O6. The molecule has 9 nitrogen and oxygen atoms in total. The molecule has 3 aromatic carbocycles. The lowest BCUT2D eigenvalue weighted by molar-refractivity contribution is -0.143. The van der Waals surface area contributed by atoms with Crippen molar-refractivity contribution in [3.63, 3.8) is 0 Å². The second kappa shape index (κ2) is 8.79. The third kappa shape index (κ3) is 3.14. The van der Waals surface area contributed by atoms with E-state index < -0.39 is 53.8 Å². The summed E-state index contributed by atoms with van der Waals surface area (Å²) in [5.41, 5.74) is -2.28. The summed E-state index contributed by atoms with van der Waals surface area (Å²) >= 11 is 0. The Balaban J connectivity index is 1.88. The number of hydrogen-bond acceptors (Lipinski definition) is 6. The van der Waals surface area contributed by atoms with Gasteiger partial charge in [0, 0.05) is 17.8 Å². The first-order valence-electron chi connectivity index (χ1n) is 11.2. The van der Waals surface area contributed by atoms with Gasteiger partial charge in [0.05, 0.1) is 12.3 Å². The van der Waals surface area contributed by atoms with Crippen molar-refractivity contribution in [1.29, 1.82) is 0 Å². The van der Waals surface area contributed by atoms with E-state index in [1.54, 1.807) is 78.9 Å². The molecule has 0 bridgehead atoms. The van der Waals surface area contributed by atoms with E-state index >= 15 is 0 Å². The molecule has 180 valence electrons. The highest BCUT2D eigenvalue weighted by atomic mass is 16.3. The molecule has 0 saturated carbocycles. The molecule has 3 aromatic rings. The summed E-state index contributed by atoms with van der Waals surface area (Å²) in [6, 6.07) is 23.4. The molecule has 0 aliphatic carbocycles. The Hall–Kier alpha value is -4.76. The van der Waals surface area contributed by atoms with Crippen molar-refractivity contribution < 1.29 is 29.4 Å². The predicted octanol–water partition coefficient (Wildman–Crippen LogP) is 2.73. The van der Waals surface area contributed by atoms with E-state index in [0.717, 1.165) is 14.7 Å². The summed E-state index contributed by atoms with van der Waals surface area (Å²) in [6.45, 7) is -1.02. The summed E-state index contributed by atoms with van der Waals surface area (Å²) in [6.07, 6.45) is 0. The number of carbonyl (C=O) groups is 4. The Labute approximate surface area is 206 Å². The summed E-state index contributed by atoms with van der Waals surface area (Å²) in [5.74, 6) is -3.78. The van der Waals surface area contributed by atoms with E-state index in [1.807, 2.05) is 0 Å². The zero-order valence-corrected chi connectivity index (χ0v) is 18.9. The summed E-state index contributed by atoms with van der Waals surface area (Å²) in [4.78, 5) is 57.8. The number of benzene rings is 3. The van der Waals surface area contributed by atoms with Crippen molar-refractivity contribution in [1.82, 2.24) is 4.90 Å². The Bertz CT molecular complexity index is 1390. The van der Waals surface area contributed by atoms with Gasteiger partial charge in [-0.25, -0.2) is 9.69 Å². The number of imide groups is 1. The van der Waals surface area contributed by atoms with Crippen molar-refractivity contribution in [2.75, 3.05) is 23.0 Å². The van der Waals surface area contributed by atoms with Crippen LogP contribution in [-0.2, 0) is 14.4 Å². The number of urea groups is 1. The SMILES string of the molecule is O=C1C(=O)N(CCO)C2(C(=O)N(c3ccccc3)C(=O)N2c2ccccc2)/C1=C(\O)c1ccccc1. The highest BCUT2D eigenvalue weighted by molar-refractivity contribution is 6.52. The molecule has 9 heteroatoms. The molecule has 4 amide bonds. The Morgan fingerprint density at radius 1 is 0.750 bits per heavy atom. The largest absolute Gasteiger partial charge is 0.507 e. The van der Waals surface area contributed by atoms with Crippen LogP contribution in [0.5, 0.6) is 0 Å². The molecule has 0 aromatic heterocycles. The third-order valence-electron chi connectivity index (χ3n) is 6.25. The number of likely N-dealkylation sites (tertiary alicyclic amines) is 1. The molecule has 2 N–H and O–H groups in total. The van der Waals surface area contributed by atoms with Crippen LogP contribution < -0.4 is 9.80 Å². The van der Waals surface area contributed by atoms with Gasteiger partial charge in [-0.15, -0.1) is 0 Å². The summed E-state index contributed by atoms with van der Waals surface area (Å²) < 4.78 is 0. The van der Waals surface area contributed by atoms with Gasteiger partial charge in [-0.3, -0.25) is 24.2 Å². The number of rotatable bonds is 5. The van der Waals surface area contributed by atoms with Crippen molar-refractivity contribution >= 4 is 40.8 Å². The Morgan fingerprint density at radius 2 is 1.28 bits per heavy atom. The van der Waals surface area contributed by atoms with Gasteiger partial charge < -0.3 is 10.2 Å². The van der Waals surface area contributed by atoms with Crippen LogP contribution >= 0.6 is 0 Å². The average Bonchev–Trinajstić information content (AvgIpc) is 3.27. The summed E-state index contributed by atoms with van der Waals surface area (Å²) in [7, 11) is 0. The number of ketones is 1. The molecule has 1 atom stereocenters. The van der Waals surface area contributed by atoms with Crippen LogP contribution in [0.4, 0.5) is 16.2 Å². The van der Waals surface area contributed by atoms with E-state index in [2.05, 4.69) is 0 Å². The number of nitrogens with zero attached hydrogens (tertiary/aromatic N) is 3. The molecule has 36 heavy (non-hydrogen) atoms. The average molecular weight is 483 g/mol. The lowest BCUT2D eigenvalue weighted by Gasteiger charge is -2.38. The first-order valence-corrected chi connectivity index (χ1v) is 11.2. The summed E-state index contributed by atoms with van der Waals surface area (Å²) in [5, 5.41) is 21.2. The number of carbonyl (C=O) groups excluding carboxylic acids is 4. The van der Waals surface area contributed by atoms with Crippen LogP contribution in [0.15, 0.2) is 96.6 Å². The van der Waals surface area contributed by atoms with E-state index in [9.17, 15) is 29.4 Å². The number of β-amino-alcohol motifs (C(OH)–C–C–N with tert-alkyl or cyclic N) is 1. The van der Waals surface area contributed by atoms with E-state index in [1.165, 1.54) is 12.1 Å². The highest BCUT2D eigenvalue weighted by Gasteiger charge is 2.72. The Morgan fingerprint density at radius 3 is 1.83 bits per heavy atom. The van der Waals surface area contributed by atoms with Crippen LogP contribution in [0, 0.1) is 0 Å². The molecule has 1 unspecified atom stereocenters. The number of aliphatic hydroxyl groups is 2. The van der Waals surface area contributed by atoms with E-state index in [-0.39, 0.29) is 16.9 Å². The number of amides is 4. The minimum atomic E-state index is -2.36. The monoisotopic (exact) mass is 483 g/mol. The van der Waals surface area contributed by atoms with Crippen molar-refractivity contribution in [2.24, 2.45) is 0 Å². The van der Waals surface area contributed by atoms with Gasteiger partial charge in [0.2, 0.25) is 5.66 Å². The second-order valence-corrected chi connectivity index (χ2v) is 8.20. The normalized spacial score (nSPS) is 21.2. The molecule has 5 rings (SSSR count). The third-order valence-corrected chi connectivity index (χ3v) is 6.25. The first-order chi connectivity index (χ1) is 17.4. The fourth-order valence-corrected chi connectivity index (χ4v) is 4.76. The fourth-order valence-electron chi connectivity index (χ4n) is 4.76. The predicted molar refractivity (Wildman–Crippen MR) is 131 cm³/mol. The van der Waals surface area contributed by atoms with E-state index in [0.29, 0.717) is 0 Å². The number of hydrogen-bond donors (Lipinski definition) is 2. The van der Waals surface area contributed by atoms with Crippen molar-refractivity contribution in [2.45, 2.75) is 5.66 Å². The van der Waals surface area contributed by atoms with Gasteiger partial charge in [0.25, 0.3) is 17.6 Å². The van der Waals surface area contributed by atoms with Gasteiger partial charge >= 0.3 is 6.03 Å². The molecule has 1 spiro atoms.